The molecule has 2 aromatic rings. The van der Waals surface area contributed by atoms with Crippen molar-refractivity contribution in [1.29, 1.82) is 0 Å². The van der Waals surface area contributed by atoms with Crippen LogP contribution in [0, 0.1) is 5.82 Å². The molecule has 130 valence electrons. The first-order chi connectivity index (χ1) is 12.1. The summed E-state index contributed by atoms with van der Waals surface area (Å²) in [6, 6.07) is 7.17. The number of hydrogen-bond donors (Lipinski definition) is 1. The van der Waals surface area contributed by atoms with Crippen LogP contribution in [0.1, 0.15) is 6.42 Å². The normalized spacial score (nSPS) is 14.3. The van der Waals surface area contributed by atoms with Crippen molar-refractivity contribution in [2.75, 3.05) is 36.4 Å². The summed E-state index contributed by atoms with van der Waals surface area (Å²) in [5.74, 6) is -0.378. The van der Waals surface area contributed by atoms with Gasteiger partial charge >= 0.3 is 0 Å². The van der Waals surface area contributed by atoms with E-state index in [4.69, 9.17) is 0 Å². The van der Waals surface area contributed by atoms with Gasteiger partial charge in [-0.1, -0.05) is 0 Å². The molecular formula is C17H18FN5O2. The van der Waals surface area contributed by atoms with Crippen molar-refractivity contribution in [3.8, 4) is 0 Å². The highest BCUT2D eigenvalue weighted by molar-refractivity contribution is 6.03. The summed E-state index contributed by atoms with van der Waals surface area (Å²) in [4.78, 5) is 36.3. The fraction of sp³-hybridized carbons (Fsp3) is 0.294. The number of aromatic nitrogens is 2. The van der Waals surface area contributed by atoms with E-state index in [2.05, 4.69) is 15.3 Å². The Morgan fingerprint density at radius 3 is 2.32 bits per heavy atom. The Morgan fingerprint density at radius 1 is 1.04 bits per heavy atom. The molecule has 1 aliphatic rings. The number of rotatable bonds is 4. The van der Waals surface area contributed by atoms with Gasteiger partial charge in [-0.25, -0.2) is 14.4 Å². The summed E-state index contributed by atoms with van der Waals surface area (Å²) in [5.41, 5.74) is 0.463. The van der Waals surface area contributed by atoms with Gasteiger partial charge in [0.15, 0.2) is 0 Å². The Balaban J connectivity index is 1.47. The largest absolute Gasteiger partial charge is 0.339 e. The van der Waals surface area contributed by atoms with Crippen molar-refractivity contribution in [3.05, 3.63) is 48.5 Å². The van der Waals surface area contributed by atoms with E-state index < -0.39 is 5.91 Å². The van der Waals surface area contributed by atoms with Crippen LogP contribution in [-0.2, 0) is 9.59 Å². The minimum atomic E-state index is -0.412. The van der Waals surface area contributed by atoms with Gasteiger partial charge in [0, 0.05) is 44.3 Å². The molecule has 3 rings (SSSR count). The Hall–Kier alpha value is -3.03. The summed E-state index contributed by atoms with van der Waals surface area (Å²) in [5, 5.41) is 2.59. The highest BCUT2D eigenvalue weighted by Gasteiger charge is 2.23. The quantitative estimate of drug-likeness (QED) is 0.847. The van der Waals surface area contributed by atoms with Gasteiger partial charge in [-0.2, -0.15) is 0 Å². The Bertz CT molecular complexity index is 730. The number of anilines is 2. The average molecular weight is 343 g/mol. The summed E-state index contributed by atoms with van der Waals surface area (Å²) in [6.07, 6.45) is 3.12. The molecule has 7 nitrogen and oxygen atoms in total. The van der Waals surface area contributed by atoms with Gasteiger partial charge in [0.25, 0.3) is 0 Å². The number of benzene rings is 1. The maximum atomic E-state index is 12.8. The molecule has 0 spiro atoms. The van der Waals surface area contributed by atoms with Crippen LogP contribution in [0.3, 0.4) is 0 Å². The fourth-order valence-corrected chi connectivity index (χ4v) is 2.60. The third-order valence-corrected chi connectivity index (χ3v) is 3.91. The molecule has 0 atom stereocenters. The molecule has 1 N–H and O–H groups in total. The van der Waals surface area contributed by atoms with Crippen LogP contribution in [0.15, 0.2) is 42.7 Å². The Labute approximate surface area is 144 Å². The lowest BCUT2D eigenvalue weighted by atomic mass is 10.2. The van der Waals surface area contributed by atoms with Crippen molar-refractivity contribution >= 4 is 23.5 Å². The molecule has 0 bridgehead atoms. The number of carbonyl (C=O) groups excluding carboxylic acids is 2. The lowest BCUT2D eigenvalue weighted by Gasteiger charge is -2.34. The summed E-state index contributed by atoms with van der Waals surface area (Å²) in [7, 11) is 0. The summed E-state index contributed by atoms with van der Waals surface area (Å²) in [6.45, 7) is 2.27. The van der Waals surface area contributed by atoms with E-state index in [-0.39, 0.29) is 18.1 Å². The van der Waals surface area contributed by atoms with Gasteiger partial charge in [0.05, 0.1) is 0 Å². The van der Waals surface area contributed by atoms with Crippen molar-refractivity contribution in [2.45, 2.75) is 6.42 Å². The predicted molar refractivity (Wildman–Crippen MR) is 90.5 cm³/mol. The van der Waals surface area contributed by atoms with E-state index in [1.807, 2.05) is 4.90 Å². The van der Waals surface area contributed by atoms with Crippen LogP contribution in [0.25, 0.3) is 0 Å². The molecule has 0 aliphatic carbocycles. The third kappa shape index (κ3) is 4.50. The number of hydrogen-bond acceptors (Lipinski definition) is 5. The molecule has 0 radical (unpaired) electrons. The standard InChI is InChI=1S/C17H18FN5O2/c18-13-2-4-14(5-3-13)21-15(24)12-16(25)22-8-10-23(11-9-22)17-19-6-1-7-20-17/h1-7H,8-12H2,(H,21,24). The zero-order chi connectivity index (χ0) is 17.6. The number of nitrogens with one attached hydrogen (secondary N) is 1. The summed E-state index contributed by atoms with van der Waals surface area (Å²) >= 11 is 0. The molecule has 0 saturated carbocycles. The first-order valence-electron chi connectivity index (χ1n) is 7.97. The van der Waals surface area contributed by atoms with Crippen molar-refractivity contribution in [1.82, 2.24) is 14.9 Å². The minimum absolute atomic E-state index is 0.228. The third-order valence-electron chi connectivity index (χ3n) is 3.91. The van der Waals surface area contributed by atoms with Crippen LogP contribution in [0.5, 0.6) is 0 Å². The van der Waals surface area contributed by atoms with Crippen molar-refractivity contribution in [3.63, 3.8) is 0 Å². The smallest absolute Gasteiger partial charge is 0.233 e. The molecule has 1 aliphatic heterocycles. The SMILES string of the molecule is O=C(CC(=O)N1CCN(c2ncccn2)CC1)Nc1ccc(F)cc1. The maximum Gasteiger partial charge on any atom is 0.233 e. The molecule has 2 heterocycles. The number of carbonyl (C=O) groups is 2. The second kappa shape index (κ2) is 7.69. The summed E-state index contributed by atoms with van der Waals surface area (Å²) < 4.78 is 12.8. The lowest BCUT2D eigenvalue weighted by Crippen LogP contribution is -2.49. The van der Waals surface area contributed by atoms with Gasteiger partial charge < -0.3 is 15.1 Å². The van der Waals surface area contributed by atoms with Crippen LogP contribution >= 0.6 is 0 Å². The second-order valence-corrected chi connectivity index (χ2v) is 5.65. The van der Waals surface area contributed by atoms with Gasteiger partial charge in [0.1, 0.15) is 12.2 Å². The molecule has 2 amide bonds. The van der Waals surface area contributed by atoms with Crippen LogP contribution in [-0.4, -0.2) is 52.9 Å². The van der Waals surface area contributed by atoms with E-state index in [1.165, 1.54) is 24.3 Å². The molecule has 25 heavy (non-hydrogen) atoms. The zero-order valence-electron chi connectivity index (χ0n) is 13.6. The first-order valence-corrected chi connectivity index (χ1v) is 7.97. The monoisotopic (exact) mass is 343 g/mol. The van der Waals surface area contributed by atoms with Crippen molar-refractivity contribution < 1.29 is 14.0 Å². The number of piperazine rings is 1. The van der Waals surface area contributed by atoms with Gasteiger partial charge in [-0.15, -0.1) is 0 Å². The highest BCUT2D eigenvalue weighted by atomic mass is 19.1. The number of nitrogens with zero attached hydrogens (tertiary/aromatic N) is 4. The Morgan fingerprint density at radius 2 is 1.68 bits per heavy atom. The van der Waals surface area contributed by atoms with Crippen LogP contribution in [0.2, 0.25) is 0 Å². The van der Waals surface area contributed by atoms with E-state index in [1.54, 1.807) is 23.4 Å². The van der Waals surface area contributed by atoms with Crippen LogP contribution < -0.4 is 10.2 Å². The van der Waals surface area contributed by atoms with Gasteiger partial charge in [-0.05, 0) is 30.3 Å². The van der Waals surface area contributed by atoms with Crippen LogP contribution in [0.4, 0.5) is 16.0 Å². The van der Waals surface area contributed by atoms with Gasteiger partial charge in [-0.3, -0.25) is 9.59 Å². The minimum Gasteiger partial charge on any atom is -0.339 e. The van der Waals surface area contributed by atoms with E-state index in [9.17, 15) is 14.0 Å². The van der Waals surface area contributed by atoms with E-state index in [0.717, 1.165) is 0 Å². The molecule has 1 saturated heterocycles. The predicted octanol–water partition coefficient (Wildman–Crippen LogP) is 1.29. The molecular weight excluding hydrogens is 325 g/mol. The molecule has 0 unspecified atom stereocenters. The van der Waals surface area contributed by atoms with Gasteiger partial charge in [0.2, 0.25) is 17.8 Å². The zero-order valence-corrected chi connectivity index (χ0v) is 13.6. The fourth-order valence-electron chi connectivity index (χ4n) is 2.60. The average Bonchev–Trinajstić information content (AvgIpc) is 2.64. The molecule has 1 fully saturated rings. The van der Waals surface area contributed by atoms with E-state index >= 15 is 0 Å². The second-order valence-electron chi connectivity index (χ2n) is 5.65. The highest BCUT2D eigenvalue weighted by Crippen LogP contribution is 2.12. The lowest BCUT2D eigenvalue weighted by molar-refractivity contribution is -0.134. The topological polar surface area (TPSA) is 78.4 Å². The first kappa shape index (κ1) is 16.8. The van der Waals surface area contributed by atoms with Crippen molar-refractivity contribution in [2.24, 2.45) is 0 Å². The number of halogens is 1. The molecule has 1 aromatic heterocycles. The van der Waals surface area contributed by atoms with E-state index in [0.29, 0.717) is 37.8 Å². The number of amides is 2. The molecule has 1 aromatic carbocycles. The maximum absolute atomic E-state index is 12.8. The molecule has 8 heteroatoms. The Kier molecular flexibility index (Phi) is 5.17.